The van der Waals surface area contributed by atoms with Crippen molar-refractivity contribution in [3.8, 4) is 11.4 Å². The summed E-state index contributed by atoms with van der Waals surface area (Å²) in [6.45, 7) is 28.3. The van der Waals surface area contributed by atoms with Gasteiger partial charge in [-0.1, -0.05) is 217 Å². The van der Waals surface area contributed by atoms with Crippen LogP contribution in [0.15, 0.2) is 182 Å². The second-order valence-corrected chi connectivity index (χ2v) is 26.9. The summed E-state index contributed by atoms with van der Waals surface area (Å²) >= 11 is 0. The normalized spacial score (nSPS) is 13.1. The highest BCUT2D eigenvalue weighted by atomic mass is 28.3. The first-order valence-electron chi connectivity index (χ1n) is 24.3. The molecular weight excluding hydrogens is 825 g/mol. The summed E-state index contributed by atoms with van der Waals surface area (Å²) < 4.78 is 5.17. The van der Waals surface area contributed by atoms with Crippen LogP contribution in [-0.2, 0) is 21.7 Å². The van der Waals surface area contributed by atoms with Crippen LogP contribution >= 0.6 is 0 Å². The predicted octanol–water partition coefficient (Wildman–Crippen LogP) is 14.4. The zero-order valence-electron chi connectivity index (χ0n) is 41.7. The monoisotopic (exact) mass is 890 g/mol. The lowest BCUT2D eigenvalue weighted by molar-refractivity contribution is 0.571. The lowest BCUT2D eigenvalue weighted by atomic mass is 9.79. The van der Waals surface area contributed by atoms with Gasteiger partial charge in [-0.3, -0.25) is 0 Å². The molecule has 3 heteroatoms. The van der Waals surface area contributed by atoms with Crippen LogP contribution in [0.2, 0.25) is 0 Å². The fourth-order valence-corrected chi connectivity index (χ4v) is 15.6. The first-order chi connectivity index (χ1) is 31.8. The maximum absolute atomic E-state index is 2.81. The van der Waals surface area contributed by atoms with Crippen LogP contribution in [-0.4, -0.2) is 17.2 Å². The van der Waals surface area contributed by atoms with Crippen LogP contribution < -0.4 is 20.7 Å². The molecule has 2 nitrogen and oxygen atoms in total. The molecule has 0 spiro atoms. The fraction of sp³-hybridized carbons (Fsp3) is 0.250. The Bertz CT molecular complexity index is 3370. The smallest absolute Gasteiger partial charge is 0.179 e. The molecule has 0 amide bonds. The Morgan fingerprint density at radius 1 is 0.299 bits per heavy atom. The zero-order chi connectivity index (χ0) is 47.3. The molecule has 0 unspecified atom stereocenters. The minimum atomic E-state index is -2.81. The van der Waals surface area contributed by atoms with E-state index < -0.39 is 8.07 Å². The van der Waals surface area contributed by atoms with Crippen molar-refractivity contribution in [2.45, 2.75) is 105 Å². The number of fused-ring (bicyclic) bond motifs is 6. The van der Waals surface area contributed by atoms with Crippen molar-refractivity contribution >= 4 is 72.4 Å². The maximum Gasteiger partial charge on any atom is 0.179 e. The van der Waals surface area contributed by atoms with Crippen molar-refractivity contribution < 1.29 is 0 Å². The summed E-state index contributed by atoms with van der Waals surface area (Å²) in [6.07, 6.45) is 0. The van der Waals surface area contributed by atoms with Gasteiger partial charge < -0.3 is 9.13 Å². The van der Waals surface area contributed by atoms with E-state index in [9.17, 15) is 0 Å². The van der Waals surface area contributed by atoms with Gasteiger partial charge in [0.15, 0.2) is 8.07 Å². The number of aromatic nitrogens is 2. The Balaban J connectivity index is 1.33. The van der Waals surface area contributed by atoms with Gasteiger partial charge in [0.05, 0.1) is 22.1 Å². The van der Waals surface area contributed by atoms with Gasteiger partial charge in [-0.15, -0.1) is 0 Å². The zero-order valence-corrected chi connectivity index (χ0v) is 42.7. The first-order valence-corrected chi connectivity index (χ1v) is 26.3. The van der Waals surface area contributed by atoms with E-state index in [1.54, 1.807) is 0 Å². The summed E-state index contributed by atoms with van der Waals surface area (Å²) in [4.78, 5) is 0. The van der Waals surface area contributed by atoms with E-state index >= 15 is 0 Å². The Hall–Kier alpha value is -6.42. The Morgan fingerprint density at radius 3 is 1.16 bits per heavy atom. The fourth-order valence-electron chi connectivity index (χ4n) is 10.9. The van der Waals surface area contributed by atoms with Crippen molar-refractivity contribution in [3.05, 3.63) is 204 Å². The van der Waals surface area contributed by atoms with Gasteiger partial charge in [0, 0.05) is 32.9 Å². The molecule has 0 saturated carbocycles. The van der Waals surface area contributed by atoms with E-state index in [0.29, 0.717) is 0 Å². The molecule has 67 heavy (non-hydrogen) atoms. The van der Waals surface area contributed by atoms with Crippen LogP contribution in [0.25, 0.3) is 55.0 Å². The highest BCUT2D eigenvalue weighted by Crippen LogP contribution is 2.45. The molecule has 2 aromatic heterocycles. The number of benzene rings is 8. The van der Waals surface area contributed by atoms with Crippen molar-refractivity contribution in [2.24, 2.45) is 0 Å². The molecule has 2 heterocycles. The molecule has 10 rings (SSSR count). The molecule has 0 aliphatic heterocycles. The summed E-state index contributed by atoms with van der Waals surface area (Å²) in [5.41, 5.74) is 12.6. The molecule has 0 bridgehead atoms. The topological polar surface area (TPSA) is 9.86 Å². The predicted molar refractivity (Wildman–Crippen MR) is 294 cm³/mol. The maximum atomic E-state index is 2.60. The molecule has 0 atom stereocenters. The minimum absolute atomic E-state index is 0.0103. The molecule has 0 fully saturated rings. The molecule has 10 aromatic rings. The summed E-state index contributed by atoms with van der Waals surface area (Å²) in [7, 11) is -2.81. The summed E-state index contributed by atoms with van der Waals surface area (Å²) in [5, 5.41) is 10.7. The van der Waals surface area contributed by atoms with Crippen LogP contribution in [0, 0.1) is 0 Å². The molecule has 8 aromatic carbocycles. The minimum Gasteiger partial charge on any atom is -0.309 e. The van der Waals surface area contributed by atoms with Gasteiger partial charge in [-0.05, 0) is 113 Å². The molecule has 0 aliphatic carbocycles. The summed E-state index contributed by atoms with van der Waals surface area (Å²) in [5.74, 6) is 0. The van der Waals surface area contributed by atoms with Gasteiger partial charge in [-0.25, -0.2) is 0 Å². The van der Waals surface area contributed by atoms with Crippen molar-refractivity contribution in [2.75, 3.05) is 0 Å². The van der Waals surface area contributed by atoms with Gasteiger partial charge in [0.2, 0.25) is 0 Å². The van der Waals surface area contributed by atoms with Crippen molar-refractivity contribution in [1.29, 1.82) is 0 Å². The van der Waals surface area contributed by atoms with Gasteiger partial charge in [0.25, 0.3) is 0 Å². The van der Waals surface area contributed by atoms with E-state index in [-0.39, 0.29) is 21.7 Å². The number of rotatable bonds is 6. The molecule has 0 aliphatic rings. The van der Waals surface area contributed by atoms with E-state index in [4.69, 9.17) is 0 Å². The van der Waals surface area contributed by atoms with E-state index in [2.05, 4.69) is 274 Å². The lowest BCUT2D eigenvalue weighted by Gasteiger charge is -2.34. The standard InChI is InChI=1S/C64H66N2Si/c1-61(2,3)43-37-53-51-33-22-23-34-57(51)66(59(53)55(39-43)63(7,8)9)46-35-36-58-52(42-46)54-38-44(62(4,5)6)40-56(64(10,11)12)60(54)65(58)45-25-24-32-50(41-45)67(47-26-16-13-17-27-47,48-28-18-14-19-29-48)49-30-20-15-21-31-49/h13-42H,1-12H3. The highest BCUT2D eigenvalue weighted by Gasteiger charge is 2.42. The molecule has 0 N–H and O–H groups in total. The first kappa shape index (κ1) is 44.4. The molecule has 0 saturated heterocycles. The number of hydrogen-bond acceptors (Lipinski definition) is 0. The van der Waals surface area contributed by atoms with Crippen molar-refractivity contribution in [1.82, 2.24) is 9.13 Å². The Morgan fingerprint density at radius 2 is 0.701 bits per heavy atom. The average molecular weight is 891 g/mol. The highest BCUT2D eigenvalue weighted by molar-refractivity contribution is 7.19. The van der Waals surface area contributed by atoms with Crippen LogP contribution in [0.4, 0.5) is 0 Å². The van der Waals surface area contributed by atoms with E-state index in [0.717, 1.165) is 0 Å². The third-order valence-electron chi connectivity index (χ3n) is 14.4. The number of hydrogen-bond donors (Lipinski definition) is 0. The lowest BCUT2D eigenvalue weighted by Crippen LogP contribution is -2.74. The second-order valence-electron chi connectivity index (χ2n) is 23.1. The second kappa shape index (κ2) is 15.8. The third kappa shape index (κ3) is 7.38. The van der Waals surface area contributed by atoms with E-state index in [1.165, 1.54) is 98.0 Å². The number of para-hydroxylation sites is 1. The Labute approximate surface area is 400 Å². The Kier molecular flexibility index (Phi) is 10.5. The average Bonchev–Trinajstić information content (AvgIpc) is 3.81. The molecular formula is C64H66N2Si. The number of nitrogens with zero attached hydrogens (tertiary/aromatic N) is 2. The summed E-state index contributed by atoms with van der Waals surface area (Å²) in [6, 6.07) is 69.8. The van der Waals surface area contributed by atoms with Crippen LogP contribution in [0.3, 0.4) is 0 Å². The van der Waals surface area contributed by atoms with Crippen molar-refractivity contribution in [3.63, 3.8) is 0 Å². The van der Waals surface area contributed by atoms with Crippen LogP contribution in [0.1, 0.15) is 105 Å². The van der Waals surface area contributed by atoms with Gasteiger partial charge in [-0.2, -0.15) is 0 Å². The third-order valence-corrected chi connectivity index (χ3v) is 19.2. The quantitative estimate of drug-likeness (QED) is 0.116. The van der Waals surface area contributed by atoms with Crippen LogP contribution in [0.5, 0.6) is 0 Å². The van der Waals surface area contributed by atoms with Gasteiger partial charge in [0.1, 0.15) is 0 Å². The largest absolute Gasteiger partial charge is 0.309 e. The molecule has 0 radical (unpaired) electrons. The van der Waals surface area contributed by atoms with E-state index in [1.807, 2.05) is 0 Å². The SMILES string of the molecule is CC(C)(C)c1cc(C(C)(C)C)c2c(c1)c1ccccc1n2-c1ccc2c(c1)c1cc(C(C)(C)C)cc(C(C)(C)C)c1n2-c1cccc([Si](c2ccccc2)(c2ccccc2)c2ccccc2)c1. The van der Waals surface area contributed by atoms with Gasteiger partial charge >= 0.3 is 0 Å². The molecule has 336 valence electrons.